The van der Waals surface area contributed by atoms with Crippen LogP contribution in [0.1, 0.15) is 62.7 Å². The SMILES string of the molecule is CC(C)n1nc(C2CCC(=O)NC2=O)c2cccc(C#CCOC3CCNCC3)c21. The molecule has 1 atom stereocenters. The van der Waals surface area contributed by atoms with Crippen LogP contribution < -0.4 is 10.6 Å². The predicted molar refractivity (Wildman–Crippen MR) is 114 cm³/mol. The van der Waals surface area contributed by atoms with E-state index in [-0.39, 0.29) is 24.0 Å². The van der Waals surface area contributed by atoms with Gasteiger partial charge in [0.25, 0.3) is 0 Å². The molecule has 2 amide bonds. The number of amides is 2. The van der Waals surface area contributed by atoms with Crippen LogP contribution in [0.5, 0.6) is 0 Å². The van der Waals surface area contributed by atoms with Crippen LogP contribution in [0.15, 0.2) is 18.2 Å². The summed E-state index contributed by atoms with van der Waals surface area (Å²) in [5.41, 5.74) is 2.53. The first kappa shape index (κ1) is 20.6. The van der Waals surface area contributed by atoms with Crippen LogP contribution >= 0.6 is 0 Å². The molecule has 158 valence electrons. The summed E-state index contributed by atoms with van der Waals surface area (Å²) in [5.74, 6) is 5.50. The van der Waals surface area contributed by atoms with Crippen LogP contribution in [0.25, 0.3) is 10.9 Å². The summed E-state index contributed by atoms with van der Waals surface area (Å²) in [4.78, 5) is 24.0. The van der Waals surface area contributed by atoms with Gasteiger partial charge in [0.1, 0.15) is 6.61 Å². The first-order valence-corrected chi connectivity index (χ1v) is 10.7. The summed E-state index contributed by atoms with van der Waals surface area (Å²) in [6.45, 7) is 6.51. The molecule has 1 aromatic carbocycles. The fourth-order valence-electron chi connectivity index (χ4n) is 4.16. The van der Waals surface area contributed by atoms with Gasteiger partial charge in [-0.1, -0.05) is 24.0 Å². The zero-order chi connectivity index (χ0) is 21.1. The number of hydrogen-bond donors (Lipinski definition) is 2. The van der Waals surface area contributed by atoms with Gasteiger partial charge in [-0.2, -0.15) is 5.10 Å². The summed E-state index contributed by atoms with van der Waals surface area (Å²) in [5, 5.41) is 11.5. The lowest BCUT2D eigenvalue weighted by molar-refractivity contribution is -0.134. The van der Waals surface area contributed by atoms with Crippen LogP contribution in [0.2, 0.25) is 0 Å². The number of rotatable bonds is 4. The van der Waals surface area contributed by atoms with E-state index in [4.69, 9.17) is 9.84 Å². The molecule has 0 bridgehead atoms. The van der Waals surface area contributed by atoms with Crippen molar-refractivity contribution in [2.24, 2.45) is 0 Å². The van der Waals surface area contributed by atoms with E-state index in [1.165, 1.54) is 0 Å². The molecule has 0 radical (unpaired) electrons. The molecule has 2 fully saturated rings. The van der Waals surface area contributed by atoms with Crippen molar-refractivity contribution in [2.45, 2.75) is 57.6 Å². The predicted octanol–water partition coefficient (Wildman–Crippen LogP) is 2.26. The summed E-state index contributed by atoms with van der Waals surface area (Å²) in [7, 11) is 0. The summed E-state index contributed by atoms with van der Waals surface area (Å²) < 4.78 is 7.83. The highest BCUT2D eigenvalue weighted by atomic mass is 16.5. The Labute approximate surface area is 176 Å². The molecule has 30 heavy (non-hydrogen) atoms. The van der Waals surface area contributed by atoms with E-state index in [1.54, 1.807) is 0 Å². The molecule has 0 saturated carbocycles. The van der Waals surface area contributed by atoms with E-state index in [1.807, 2.05) is 22.9 Å². The topological polar surface area (TPSA) is 85.2 Å². The number of piperidine rings is 2. The molecule has 2 aromatic rings. The quantitative estimate of drug-likeness (QED) is 0.599. The number of para-hydroxylation sites is 1. The molecule has 2 saturated heterocycles. The van der Waals surface area contributed by atoms with Crippen molar-refractivity contribution >= 4 is 22.7 Å². The molecule has 7 heteroatoms. The number of imide groups is 1. The first-order chi connectivity index (χ1) is 14.5. The number of nitrogens with one attached hydrogen (secondary N) is 2. The summed E-state index contributed by atoms with van der Waals surface area (Å²) in [6.07, 6.45) is 3.13. The van der Waals surface area contributed by atoms with Crippen LogP contribution in [0, 0.1) is 11.8 Å². The Hall–Kier alpha value is -2.69. The molecule has 2 N–H and O–H groups in total. The van der Waals surface area contributed by atoms with Gasteiger partial charge in [0.05, 0.1) is 28.8 Å². The molecule has 1 unspecified atom stereocenters. The molecule has 2 aliphatic heterocycles. The molecule has 3 heterocycles. The minimum Gasteiger partial charge on any atom is -0.365 e. The molecule has 1 aromatic heterocycles. The van der Waals surface area contributed by atoms with Crippen molar-refractivity contribution in [3.05, 3.63) is 29.5 Å². The number of carbonyl (C=O) groups is 2. The molecular formula is C23H28N4O3. The third-order valence-electron chi connectivity index (χ3n) is 5.72. The minimum absolute atomic E-state index is 0.114. The van der Waals surface area contributed by atoms with E-state index in [0.29, 0.717) is 19.4 Å². The summed E-state index contributed by atoms with van der Waals surface area (Å²) >= 11 is 0. The van der Waals surface area contributed by atoms with Crippen molar-refractivity contribution in [2.75, 3.05) is 19.7 Å². The van der Waals surface area contributed by atoms with Crippen molar-refractivity contribution in [3.8, 4) is 11.8 Å². The molecular weight excluding hydrogens is 380 g/mol. The maximum absolute atomic E-state index is 12.4. The van der Waals surface area contributed by atoms with Gasteiger partial charge in [-0.05, 0) is 52.3 Å². The Morgan fingerprint density at radius 1 is 1.23 bits per heavy atom. The second-order valence-corrected chi connectivity index (χ2v) is 8.19. The second-order valence-electron chi connectivity index (χ2n) is 8.19. The number of benzene rings is 1. The van der Waals surface area contributed by atoms with Crippen molar-refractivity contribution in [1.29, 1.82) is 0 Å². The fraction of sp³-hybridized carbons (Fsp3) is 0.522. The highest BCUT2D eigenvalue weighted by Crippen LogP contribution is 2.33. The Morgan fingerprint density at radius 3 is 2.77 bits per heavy atom. The number of nitrogens with zero attached hydrogens (tertiary/aromatic N) is 2. The normalized spacial score (nSPS) is 20.3. The van der Waals surface area contributed by atoms with E-state index < -0.39 is 5.92 Å². The van der Waals surface area contributed by atoms with Gasteiger partial charge in [-0.3, -0.25) is 19.6 Å². The molecule has 2 aliphatic rings. The van der Waals surface area contributed by atoms with Crippen LogP contribution in [-0.2, 0) is 14.3 Å². The maximum Gasteiger partial charge on any atom is 0.235 e. The van der Waals surface area contributed by atoms with Gasteiger partial charge in [0.15, 0.2) is 0 Å². The Kier molecular flexibility index (Phi) is 6.16. The monoisotopic (exact) mass is 408 g/mol. The highest BCUT2D eigenvalue weighted by Gasteiger charge is 2.32. The largest absolute Gasteiger partial charge is 0.365 e. The highest BCUT2D eigenvalue weighted by molar-refractivity contribution is 6.02. The first-order valence-electron chi connectivity index (χ1n) is 10.7. The van der Waals surface area contributed by atoms with Gasteiger partial charge in [-0.25, -0.2) is 0 Å². The van der Waals surface area contributed by atoms with Crippen LogP contribution in [0.3, 0.4) is 0 Å². The fourth-order valence-corrected chi connectivity index (χ4v) is 4.16. The third-order valence-corrected chi connectivity index (χ3v) is 5.72. The second kappa shape index (κ2) is 8.99. The lowest BCUT2D eigenvalue weighted by Crippen LogP contribution is -2.39. The molecule has 4 rings (SSSR count). The lowest BCUT2D eigenvalue weighted by atomic mass is 9.92. The van der Waals surface area contributed by atoms with Crippen molar-refractivity contribution in [3.63, 3.8) is 0 Å². The van der Waals surface area contributed by atoms with Gasteiger partial charge in [0.2, 0.25) is 11.8 Å². The van der Waals surface area contributed by atoms with Crippen LogP contribution in [-0.4, -0.2) is 47.4 Å². The average molecular weight is 409 g/mol. The van der Waals surface area contributed by atoms with Gasteiger partial charge < -0.3 is 10.1 Å². The number of ether oxygens (including phenoxy) is 1. The molecule has 7 nitrogen and oxygen atoms in total. The third kappa shape index (κ3) is 4.25. The zero-order valence-electron chi connectivity index (χ0n) is 17.5. The van der Waals surface area contributed by atoms with Crippen molar-refractivity contribution < 1.29 is 14.3 Å². The summed E-state index contributed by atoms with van der Waals surface area (Å²) in [6, 6.07) is 6.02. The number of hydrogen-bond acceptors (Lipinski definition) is 5. The Bertz CT molecular complexity index is 1010. The van der Waals surface area contributed by atoms with E-state index in [0.717, 1.165) is 48.1 Å². The smallest absolute Gasteiger partial charge is 0.235 e. The molecule has 0 spiro atoms. The standard InChI is InChI=1S/C23H28N4O3/c1-15(2)27-22-16(6-4-14-30-17-10-12-24-13-11-17)5-3-7-18(22)21(26-27)19-8-9-20(28)25-23(19)29/h3,5,7,15,17,19,24H,8-14H2,1-2H3,(H,25,28,29). The van der Waals surface area contributed by atoms with Crippen molar-refractivity contribution in [1.82, 2.24) is 20.4 Å². The number of fused-ring (bicyclic) bond motifs is 1. The zero-order valence-corrected chi connectivity index (χ0v) is 17.5. The van der Waals surface area contributed by atoms with Crippen LogP contribution in [0.4, 0.5) is 0 Å². The van der Waals surface area contributed by atoms with E-state index in [2.05, 4.69) is 36.3 Å². The Morgan fingerprint density at radius 2 is 2.03 bits per heavy atom. The average Bonchev–Trinajstić information content (AvgIpc) is 3.13. The molecule has 0 aliphatic carbocycles. The maximum atomic E-state index is 12.4. The van der Waals surface area contributed by atoms with Gasteiger partial charge >= 0.3 is 0 Å². The number of carbonyl (C=O) groups excluding carboxylic acids is 2. The van der Waals surface area contributed by atoms with Gasteiger partial charge in [-0.15, -0.1) is 0 Å². The van der Waals surface area contributed by atoms with Gasteiger partial charge in [0, 0.05) is 17.8 Å². The van der Waals surface area contributed by atoms with E-state index >= 15 is 0 Å². The Balaban J connectivity index is 1.63. The lowest BCUT2D eigenvalue weighted by Gasteiger charge is -2.21. The van der Waals surface area contributed by atoms with E-state index in [9.17, 15) is 9.59 Å². The minimum atomic E-state index is -0.420. The number of aromatic nitrogens is 2.